The molecular weight excluding hydrogens is 250 g/mol. The molecule has 110 valence electrons. The smallest absolute Gasteiger partial charge is 0.414 e. The third-order valence-corrected chi connectivity index (χ3v) is 3.89. The maximum Gasteiger partial charge on any atom is 0.414 e. The molecule has 1 aliphatic rings. The fourth-order valence-electron chi connectivity index (χ4n) is 2.77. The van der Waals surface area contributed by atoms with Crippen molar-refractivity contribution < 1.29 is 9.53 Å². The summed E-state index contributed by atoms with van der Waals surface area (Å²) in [6, 6.07) is 10.2. The molecule has 3 heteroatoms. The Morgan fingerprint density at radius 3 is 2.55 bits per heavy atom. The van der Waals surface area contributed by atoms with Gasteiger partial charge in [0, 0.05) is 11.7 Å². The van der Waals surface area contributed by atoms with Crippen molar-refractivity contribution in [2.75, 3.05) is 11.5 Å². The number of carbonyl (C=O) groups is 1. The van der Waals surface area contributed by atoms with Crippen molar-refractivity contribution in [3.05, 3.63) is 30.3 Å². The molecule has 0 aromatic heterocycles. The normalized spacial score (nSPS) is 15.8. The average molecular weight is 275 g/mol. The van der Waals surface area contributed by atoms with Crippen LogP contribution in [0.15, 0.2) is 30.3 Å². The van der Waals surface area contributed by atoms with Crippen molar-refractivity contribution in [2.24, 2.45) is 0 Å². The lowest BCUT2D eigenvalue weighted by atomic mass is 9.94. The third-order valence-electron chi connectivity index (χ3n) is 3.89. The highest BCUT2D eigenvalue weighted by Crippen LogP contribution is 2.28. The molecule has 0 atom stereocenters. The molecule has 0 spiro atoms. The average Bonchev–Trinajstić information content (AvgIpc) is 2.50. The molecule has 1 aromatic rings. The van der Waals surface area contributed by atoms with Crippen LogP contribution in [0.4, 0.5) is 10.5 Å². The van der Waals surface area contributed by atoms with E-state index in [0.29, 0.717) is 12.6 Å². The molecule has 0 aliphatic heterocycles. The van der Waals surface area contributed by atoms with E-state index >= 15 is 0 Å². The van der Waals surface area contributed by atoms with E-state index in [2.05, 4.69) is 6.92 Å². The molecule has 2 rings (SSSR count). The van der Waals surface area contributed by atoms with Crippen molar-refractivity contribution in [3.63, 3.8) is 0 Å². The minimum Gasteiger partial charge on any atom is -0.449 e. The van der Waals surface area contributed by atoms with E-state index in [4.69, 9.17) is 4.74 Å². The van der Waals surface area contributed by atoms with Gasteiger partial charge in [-0.2, -0.15) is 0 Å². The van der Waals surface area contributed by atoms with Gasteiger partial charge in [-0.1, -0.05) is 50.8 Å². The van der Waals surface area contributed by atoms with Crippen molar-refractivity contribution in [2.45, 2.75) is 57.9 Å². The molecular formula is C17H25NO2. The molecule has 0 radical (unpaired) electrons. The first-order valence-electron chi connectivity index (χ1n) is 7.84. The van der Waals surface area contributed by atoms with Crippen molar-refractivity contribution in [1.82, 2.24) is 0 Å². The molecule has 1 aromatic carbocycles. The Hall–Kier alpha value is -1.51. The number of para-hydroxylation sites is 1. The monoisotopic (exact) mass is 275 g/mol. The Kier molecular flexibility index (Phi) is 5.90. The van der Waals surface area contributed by atoms with E-state index in [9.17, 15) is 4.79 Å². The van der Waals surface area contributed by atoms with Gasteiger partial charge in [0.25, 0.3) is 0 Å². The minimum atomic E-state index is -0.184. The van der Waals surface area contributed by atoms with Crippen molar-refractivity contribution >= 4 is 11.8 Å². The molecule has 0 heterocycles. The Bertz CT molecular complexity index is 399. The summed E-state index contributed by atoms with van der Waals surface area (Å²) in [6.45, 7) is 2.62. The predicted molar refractivity (Wildman–Crippen MR) is 82.1 cm³/mol. The molecule has 3 nitrogen and oxygen atoms in total. The van der Waals surface area contributed by atoms with E-state index in [1.165, 1.54) is 19.3 Å². The van der Waals surface area contributed by atoms with Crippen LogP contribution in [-0.4, -0.2) is 18.7 Å². The zero-order chi connectivity index (χ0) is 14.2. The van der Waals surface area contributed by atoms with Crippen LogP contribution >= 0.6 is 0 Å². The summed E-state index contributed by atoms with van der Waals surface area (Å²) in [5.41, 5.74) is 0.959. The van der Waals surface area contributed by atoms with Crippen LogP contribution in [0.25, 0.3) is 0 Å². The number of unbranched alkanes of at least 4 members (excludes halogenated alkanes) is 1. The molecule has 1 aliphatic carbocycles. The Balaban J connectivity index is 2.09. The number of benzene rings is 1. The van der Waals surface area contributed by atoms with E-state index < -0.39 is 0 Å². The van der Waals surface area contributed by atoms with Gasteiger partial charge in [0.15, 0.2) is 0 Å². The highest BCUT2D eigenvalue weighted by Gasteiger charge is 2.27. The van der Waals surface area contributed by atoms with E-state index in [0.717, 1.165) is 31.4 Å². The summed E-state index contributed by atoms with van der Waals surface area (Å²) in [5.74, 6) is 0. The SMILES string of the molecule is CCCCOC(=O)N(c1ccccc1)C1CCCCC1. The lowest BCUT2D eigenvalue weighted by Crippen LogP contribution is -2.42. The van der Waals surface area contributed by atoms with Gasteiger partial charge in [0.2, 0.25) is 0 Å². The van der Waals surface area contributed by atoms with Crippen LogP contribution in [0, 0.1) is 0 Å². The first kappa shape index (κ1) is 14.9. The summed E-state index contributed by atoms with van der Waals surface area (Å²) < 4.78 is 5.44. The Labute approximate surface area is 121 Å². The second kappa shape index (κ2) is 7.93. The number of anilines is 1. The highest BCUT2D eigenvalue weighted by molar-refractivity contribution is 5.88. The zero-order valence-corrected chi connectivity index (χ0v) is 12.4. The van der Waals surface area contributed by atoms with Crippen LogP contribution in [0.3, 0.4) is 0 Å². The maximum absolute atomic E-state index is 12.4. The van der Waals surface area contributed by atoms with Crippen LogP contribution in [-0.2, 0) is 4.74 Å². The number of rotatable bonds is 5. The minimum absolute atomic E-state index is 0.184. The van der Waals surface area contributed by atoms with Crippen LogP contribution in [0.1, 0.15) is 51.9 Å². The highest BCUT2D eigenvalue weighted by atomic mass is 16.6. The van der Waals surface area contributed by atoms with Gasteiger partial charge in [0.05, 0.1) is 6.61 Å². The number of amides is 1. The largest absolute Gasteiger partial charge is 0.449 e. The molecule has 0 unspecified atom stereocenters. The summed E-state index contributed by atoms with van der Waals surface area (Å²) in [5, 5.41) is 0. The summed E-state index contributed by atoms with van der Waals surface area (Å²) >= 11 is 0. The second-order valence-electron chi connectivity index (χ2n) is 5.47. The van der Waals surface area contributed by atoms with Gasteiger partial charge in [-0.25, -0.2) is 4.79 Å². The first-order valence-corrected chi connectivity index (χ1v) is 7.84. The predicted octanol–water partition coefficient (Wildman–Crippen LogP) is 4.76. The molecule has 1 saturated carbocycles. The van der Waals surface area contributed by atoms with Crippen LogP contribution < -0.4 is 4.90 Å². The second-order valence-corrected chi connectivity index (χ2v) is 5.47. The van der Waals surface area contributed by atoms with Gasteiger partial charge >= 0.3 is 6.09 Å². The quantitative estimate of drug-likeness (QED) is 0.725. The van der Waals surface area contributed by atoms with E-state index in [1.807, 2.05) is 35.2 Å². The fourth-order valence-corrected chi connectivity index (χ4v) is 2.77. The maximum atomic E-state index is 12.4. The lowest BCUT2D eigenvalue weighted by Gasteiger charge is -2.33. The zero-order valence-electron chi connectivity index (χ0n) is 12.4. The molecule has 20 heavy (non-hydrogen) atoms. The number of carbonyl (C=O) groups excluding carboxylic acids is 1. The number of ether oxygens (including phenoxy) is 1. The van der Waals surface area contributed by atoms with Gasteiger partial charge < -0.3 is 4.74 Å². The van der Waals surface area contributed by atoms with E-state index in [-0.39, 0.29) is 6.09 Å². The summed E-state index contributed by atoms with van der Waals surface area (Å²) in [6.07, 6.45) is 7.64. The molecule has 0 bridgehead atoms. The molecule has 0 N–H and O–H groups in total. The Morgan fingerprint density at radius 1 is 1.20 bits per heavy atom. The number of hydrogen-bond donors (Lipinski definition) is 0. The Morgan fingerprint density at radius 2 is 1.90 bits per heavy atom. The van der Waals surface area contributed by atoms with Gasteiger partial charge in [-0.05, 0) is 31.4 Å². The van der Waals surface area contributed by atoms with E-state index in [1.54, 1.807) is 0 Å². The first-order chi connectivity index (χ1) is 9.83. The number of nitrogens with zero attached hydrogens (tertiary/aromatic N) is 1. The third kappa shape index (κ3) is 3.99. The molecule has 1 amide bonds. The van der Waals surface area contributed by atoms with Gasteiger partial charge in [-0.15, -0.1) is 0 Å². The van der Waals surface area contributed by atoms with Crippen molar-refractivity contribution in [3.8, 4) is 0 Å². The summed E-state index contributed by atoms with van der Waals surface area (Å²) in [4.78, 5) is 14.3. The number of hydrogen-bond acceptors (Lipinski definition) is 2. The lowest BCUT2D eigenvalue weighted by molar-refractivity contribution is 0.147. The van der Waals surface area contributed by atoms with Crippen molar-refractivity contribution in [1.29, 1.82) is 0 Å². The van der Waals surface area contributed by atoms with Crippen LogP contribution in [0.2, 0.25) is 0 Å². The summed E-state index contributed by atoms with van der Waals surface area (Å²) in [7, 11) is 0. The topological polar surface area (TPSA) is 29.5 Å². The van der Waals surface area contributed by atoms with Gasteiger partial charge in [-0.3, -0.25) is 4.90 Å². The van der Waals surface area contributed by atoms with Crippen LogP contribution in [0.5, 0.6) is 0 Å². The molecule has 1 fully saturated rings. The van der Waals surface area contributed by atoms with Gasteiger partial charge in [0.1, 0.15) is 0 Å². The fraction of sp³-hybridized carbons (Fsp3) is 0.588. The standard InChI is InChI=1S/C17H25NO2/c1-2-3-14-20-17(19)18(15-10-6-4-7-11-15)16-12-8-5-9-13-16/h4,6-7,10-11,16H,2-3,5,8-9,12-14H2,1H3. The molecule has 0 saturated heterocycles.